The molecule has 0 N–H and O–H groups in total. The maximum absolute atomic E-state index is 12.3. The van der Waals surface area contributed by atoms with Crippen LogP contribution < -0.4 is 0 Å². The van der Waals surface area contributed by atoms with E-state index in [1.54, 1.807) is 12.1 Å². The number of rotatable bonds is 4. The van der Waals surface area contributed by atoms with Crippen LogP contribution in [0.2, 0.25) is 0 Å². The molecule has 0 fully saturated rings. The van der Waals surface area contributed by atoms with Gasteiger partial charge in [0, 0.05) is 25.4 Å². The van der Waals surface area contributed by atoms with E-state index in [0.29, 0.717) is 0 Å². The number of sulfonamides is 1. The predicted octanol–water partition coefficient (Wildman–Crippen LogP) is 0.894. The molecule has 1 aliphatic rings. The summed E-state index contributed by atoms with van der Waals surface area (Å²) in [5.41, 5.74) is 0.276. The monoisotopic (exact) mass is 317 g/mol. The third-order valence-electron chi connectivity index (χ3n) is 3.30. The molecule has 22 heavy (non-hydrogen) atoms. The summed E-state index contributed by atoms with van der Waals surface area (Å²) < 4.78 is 25.3. The van der Waals surface area contributed by atoms with Gasteiger partial charge in [0.05, 0.1) is 11.8 Å². The lowest BCUT2D eigenvalue weighted by Gasteiger charge is -2.14. The first-order valence-corrected chi connectivity index (χ1v) is 7.91. The molecule has 3 rings (SSSR count). The Bertz CT molecular complexity index is 849. The van der Waals surface area contributed by atoms with E-state index in [2.05, 4.69) is 9.97 Å². The zero-order valence-electron chi connectivity index (χ0n) is 11.3. The Kier molecular flexibility index (Phi) is 3.45. The van der Waals surface area contributed by atoms with Crippen LogP contribution in [0.1, 0.15) is 27.3 Å². The third-order valence-corrected chi connectivity index (χ3v) is 5.14. The van der Waals surface area contributed by atoms with Gasteiger partial charge in [0.2, 0.25) is 0 Å². The normalized spacial score (nSPS) is 15.6. The first-order chi connectivity index (χ1) is 10.5. The molecule has 0 unspecified atom stereocenters. The van der Waals surface area contributed by atoms with E-state index in [9.17, 15) is 18.0 Å². The van der Waals surface area contributed by atoms with Gasteiger partial charge in [-0.2, -0.15) is 0 Å². The smallest absolute Gasteiger partial charge is 0.269 e. The van der Waals surface area contributed by atoms with Gasteiger partial charge in [0.1, 0.15) is 10.6 Å². The molecule has 0 saturated carbocycles. The predicted molar refractivity (Wildman–Crippen MR) is 75.6 cm³/mol. The van der Waals surface area contributed by atoms with Gasteiger partial charge in [-0.1, -0.05) is 12.1 Å². The van der Waals surface area contributed by atoms with Crippen molar-refractivity contribution in [1.82, 2.24) is 14.3 Å². The van der Waals surface area contributed by atoms with Gasteiger partial charge in [0.15, 0.2) is 5.78 Å². The molecule has 112 valence electrons. The van der Waals surface area contributed by atoms with Gasteiger partial charge in [-0.05, 0) is 12.1 Å². The maximum Gasteiger partial charge on any atom is 0.269 e. The highest BCUT2D eigenvalue weighted by Gasteiger charge is 2.40. The first-order valence-electron chi connectivity index (χ1n) is 6.47. The number of ketones is 1. The van der Waals surface area contributed by atoms with Crippen LogP contribution in [-0.2, 0) is 10.0 Å². The molecular formula is C14H11N3O4S. The number of hydrogen-bond donors (Lipinski definition) is 0. The van der Waals surface area contributed by atoms with Crippen LogP contribution in [-0.4, -0.2) is 40.9 Å². The lowest BCUT2D eigenvalue weighted by Crippen LogP contribution is -2.32. The summed E-state index contributed by atoms with van der Waals surface area (Å²) in [6.45, 7) is -0.217. The quantitative estimate of drug-likeness (QED) is 0.777. The second-order valence-electron chi connectivity index (χ2n) is 4.64. The van der Waals surface area contributed by atoms with E-state index in [4.69, 9.17) is 0 Å². The summed E-state index contributed by atoms with van der Waals surface area (Å²) in [7, 11) is -3.88. The zero-order valence-corrected chi connectivity index (χ0v) is 12.2. The fourth-order valence-corrected chi connectivity index (χ4v) is 3.80. The van der Waals surface area contributed by atoms with E-state index >= 15 is 0 Å². The summed E-state index contributed by atoms with van der Waals surface area (Å²) in [5, 5.41) is 0. The Labute approximate surface area is 126 Å². The second kappa shape index (κ2) is 5.30. The number of amides is 1. The van der Waals surface area contributed by atoms with Gasteiger partial charge in [0.25, 0.3) is 15.9 Å². The average Bonchev–Trinajstić information content (AvgIpc) is 2.73. The number of nitrogens with zero attached hydrogens (tertiary/aromatic N) is 3. The Hall–Kier alpha value is -2.61. The number of carbonyl (C=O) groups is 2. The highest BCUT2D eigenvalue weighted by molar-refractivity contribution is 7.90. The lowest BCUT2D eigenvalue weighted by atomic mass is 10.2. The van der Waals surface area contributed by atoms with Crippen LogP contribution in [0.3, 0.4) is 0 Å². The molecule has 2 aromatic rings. The summed E-state index contributed by atoms with van der Waals surface area (Å²) >= 11 is 0. The largest absolute Gasteiger partial charge is 0.292 e. The van der Waals surface area contributed by atoms with Crippen molar-refractivity contribution in [1.29, 1.82) is 0 Å². The molecule has 1 aromatic heterocycles. The molecule has 7 nitrogen and oxygen atoms in total. The molecule has 0 aliphatic carbocycles. The van der Waals surface area contributed by atoms with Gasteiger partial charge in [-0.15, -0.1) is 0 Å². The second-order valence-corrected chi connectivity index (χ2v) is 6.47. The number of carbonyl (C=O) groups excluding carboxylic acids is 2. The molecule has 1 aliphatic heterocycles. The van der Waals surface area contributed by atoms with Crippen molar-refractivity contribution in [2.75, 3.05) is 6.54 Å². The van der Waals surface area contributed by atoms with Crippen molar-refractivity contribution in [2.24, 2.45) is 0 Å². The van der Waals surface area contributed by atoms with Crippen molar-refractivity contribution < 1.29 is 18.0 Å². The Morgan fingerprint density at radius 1 is 1.18 bits per heavy atom. The van der Waals surface area contributed by atoms with E-state index in [-0.39, 0.29) is 34.9 Å². The summed E-state index contributed by atoms with van der Waals surface area (Å²) in [4.78, 5) is 31.7. The fraction of sp³-hybridized carbons (Fsp3) is 0.143. The van der Waals surface area contributed by atoms with E-state index < -0.39 is 15.9 Å². The van der Waals surface area contributed by atoms with Gasteiger partial charge >= 0.3 is 0 Å². The highest BCUT2D eigenvalue weighted by atomic mass is 32.2. The molecule has 0 saturated heterocycles. The van der Waals surface area contributed by atoms with E-state index in [1.807, 2.05) is 0 Å². The van der Waals surface area contributed by atoms with Crippen molar-refractivity contribution in [2.45, 2.75) is 11.3 Å². The number of fused-ring (bicyclic) bond motifs is 1. The molecule has 0 radical (unpaired) electrons. The van der Waals surface area contributed by atoms with Gasteiger partial charge in [-0.25, -0.2) is 17.7 Å². The minimum Gasteiger partial charge on any atom is -0.292 e. The lowest BCUT2D eigenvalue weighted by molar-refractivity contribution is 0.0859. The van der Waals surface area contributed by atoms with Gasteiger partial charge < -0.3 is 0 Å². The van der Waals surface area contributed by atoms with Crippen LogP contribution in [0.25, 0.3) is 0 Å². The summed E-state index contributed by atoms with van der Waals surface area (Å²) in [6, 6.07) is 5.99. The molecule has 1 aromatic carbocycles. The topological polar surface area (TPSA) is 97.3 Å². The number of benzene rings is 1. The maximum atomic E-state index is 12.3. The van der Waals surface area contributed by atoms with Crippen LogP contribution >= 0.6 is 0 Å². The molecule has 1 amide bonds. The third kappa shape index (κ3) is 2.27. The van der Waals surface area contributed by atoms with Crippen molar-refractivity contribution in [3.05, 3.63) is 54.1 Å². The molecule has 0 bridgehead atoms. The van der Waals surface area contributed by atoms with Crippen molar-refractivity contribution in [3.8, 4) is 0 Å². The molecule has 8 heteroatoms. The number of hydrogen-bond acceptors (Lipinski definition) is 6. The van der Waals surface area contributed by atoms with Crippen molar-refractivity contribution in [3.63, 3.8) is 0 Å². The highest BCUT2D eigenvalue weighted by Crippen LogP contribution is 2.29. The Morgan fingerprint density at radius 3 is 2.64 bits per heavy atom. The Morgan fingerprint density at radius 2 is 1.95 bits per heavy atom. The molecule has 0 atom stereocenters. The van der Waals surface area contributed by atoms with Crippen LogP contribution in [0.15, 0.2) is 47.8 Å². The minimum absolute atomic E-state index is 0.0213. The van der Waals surface area contributed by atoms with E-state index in [0.717, 1.165) is 4.31 Å². The van der Waals surface area contributed by atoms with Crippen LogP contribution in [0.4, 0.5) is 0 Å². The van der Waals surface area contributed by atoms with E-state index in [1.165, 1.54) is 30.7 Å². The fourth-order valence-electron chi connectivity index (χ4n) is 2.23. The zero-order chi connectivity index (χ0) is 15.7. The average molecular weight is 317 g/mol. The summed E-state index contributed by atoms with van der Waals surface area (Å²) in [6.07, 6.45) is 3.97. The van der Waals surface area contributed by atoms with Gasteiger partial charge in [-0.3, -0.25) is 14.6 Å². The molecular weight excluding hydrogens is 306 g/mol. The van der Waals surface area contributed by atoms with Crippen LogP contribution in [0, 0.1) is 0 Å². The number of Topliss-reactive ketones (excluding diaryl/α,β-unsaturated/α-hetero) is 1. The minimum atomic E-state index is -3.88. The number of aromatic nitrogens is 2. The van der Waals surface area contributed by atoms with Crippen molar-refractivity contribution >= 4 is 21.7 Å². The summed E-state index contributed by atoms with van der Waals surface area (Å²) in [5.74, 6) is -0.977. The first kappa shape index (κ1) is 14.3. The standard InChI is InChI=1S/C14H11N3O4S/c18-12(11-9-15-6-7-16-11)5-8-17-14(19)10-3-1-2-4-13(10)22(17,20)21/h1-4,6-7,9H,5,8H2. The molecule has 0 spiro atoms. The SMILES string of the molecule is O=C(CCN1C(=O)c2ccccc2S1(=O)=O)c1cnccn1. The van der Waals surface area contributed by atoms with Crippen LogP contribution in [0.5, 0.6) is 0 Å². The Balaban J connectivity index is 1.80. The molecule has 2 heterocycles.